The highest BCUT2D eigenvalue weighted by Gasteiger charge is 2.29. The van der Waals surface area contributed by atoms with Crippen LogP contribution in [0.2, 0.25) is 0 Å². The summed E-state index contributed by atoms with van der Waals surface area (Å²) in [7, 11) is -5.29. The summed E-state index contributed by atoms with van der Waals surface area (Å²) in [6.07, 6.45) is 1.18. The molecule has 0 bridgehead atoms. The molecule has 40 heavy (non-hydrogen) atoms. The number of hydrogen-bond donors (Lipinski definition) is 1. The van der Waals surface area contributed by atoms with E-state index in [1.807, 2.05) is 39.1 Å². The van der Waals surface area contributed by atoms with Crippen LogP contribution >= 0.6 is 0 Å². The molecule has 3 aromatic rings. The Morgan fingerprint density at radius 2 is 1.48 bits per heavy atom. The van der Waals surface area contributed by atoms with Crippen LogP contribution in [0.25, 0.3) is 0 Å². The molecule has 0 aliphatic carbocycles. The molecule has 1 N–H and O–H groups in total. The normalized spacial score (nSPS) is 15.1. The van der Waals surface area contributed by atoms with Crippen LogP contribution in [0.1, 0.15) is 32.6 Å². The zero-order valence-electron chi connectivity index (χ0n) is 23.5. The van der Waals surface area contributed by atoms with Crippen molar-refractivity contribution in [3.05, 3.63) is 88.5 Å². The molecular formula is C29H36N4O5S2. The lowest BCUT2D eigenvalue weighted by molar-refractivity contribution is 0.102. The summed E-state index contributed by atoms with van der Waals surface area (Å²) in [5.41, 5.74) is 4.50. The van der Waals surface area contributed by atoms with E-state index in [2.05, 4.69) is 10.2 Å². The number of carbonyl (C=O) groups excluding carboxylic acids is 1. The molecule has 1 saturated heterocycles. The number of piperazine rings is 1. The summed E-state index contributed by atoms with van der Waals surface area (Å²) in [6.45, 7) is 7.81. The van der Waals surface area contributed by atoms with Gasteiger partial charge in [0.05, 0.1) is 23.4 Å². The molecule has 0 spiro atoms. The molecule has 1 aliphatic rings. The number of carbonyl (C=O) groups is 1. The zero-order chi connectivity index (χ0) is 29.2. The molecule has 1 amide bonds. The number of hydrogen-bond acceptors (Lipinski definition) is 6. The van der Waals surface area contributed by atoms with Crippen molar-refractivity contribution in [2.45, 2.75) is 32.2 Å². The highest BCUT2D eigenvalue weighted by Crippen LogP contribution is 2.27. The van der Waals surface area contributed by atoms with E-state index in [1.54, 1.807) is 43.3 Å². The molecule has 1 heterocycles. The number of benzene rings is 3. The molecule has 0 unspecified atom stereocenters. The number of nitrogens with zero attached hydrogens (tertiary/aromatic N) is 3. The Hall–Kier alpha value is -3.25. The predicted octanol–water partition coefficient (Wildman–Crippen LogP) is 3.77. The monoisotopic (exact) mass is 584 g/mol. The van der Waals surface area contributed by atoms with Gasteiger partial charge in [0, 0.05) is 37.4 Å². The first-order valence-electron chi connectivity index (χ1n) is 13.0. The van der Waals surface area contributed by atoms with E-state index < -0.39 is 26.0 Å². The number of aryl methyl sites for hydroxylation is 3. The number of anilines is 2. The van der Waals surface area contributed by atoms with Gasteiger partial charge in [-0.05, 0) is 80.4 Å². The van der Waals surface area contributed by atoms with Crippen molar-refractivity contribution in [1.82, 2.24) is 9.21 Å². The smallest absolute Gasteiger partial charge is 0.255 e. The van der Waals surface area contributed by atoms with Crippen molar-refractivity contribution < 1.29 is 21.6 Å². The van der Waals surface area contributed by atoms with Gasteiger partial charge in [-0.3, -0.25) is 9.10 Å². The first kappa shape index (κ1) is 29.7. The Morgan fingerprint density at radius 1 is 0.850 bits per heavy atom. The second-order valence-corrected chi connectivity index (χ2v) is 14.2. The maximum atomic E-state index is 13.3. The van der Waals surface area contributed by atoms with Crippen LogP contribution in [0, 0.1) is 20.8 Å². The van der Waals surface area contributed by atoms with Crippen molar-refractivity contribution in [3.8, 4) is 0 Å². The Kier molecular flexibility index (Phi) is 8.69. The van der Waals surface area contributed by atoms with Crippen LogP contribution in [-0.2, 0) is 26.6 Å². The fourth-order valence-electron chi connectivity index (χ4n) is 4.62. The van der Waals surface area contributed by atoms with Gasteiger partial charge in [0.2, 0.25) is 20.0 Å². The molecule has 4 rings (SSSR count). The number of sulfonamides is 2. The van der Waals surface area contributed by atoms with Crippen molar-refractivity contribution in [3.63, 3.8) is 0 Å². The van der Waals surface area contributed by atoms with Crippen molar-refractivity contribution >= 4 is 37.3 Å². The van der Waals surface area contributed by atoms with E-state index in [0.29, 0.717) is 48.7 Å². The van der Waals surface area contributed by atoms with Gasteiger partial charge in [-0.25, -0.2) is 16.8 Å². The third-order valence-corrected chi connectivity index (χ3v) is 10.3. The second-order valence-electron chi connectivity index (χ2n) is 10.4. The van der Waals surface area contributed by atoms with E-state index >= 15 is 0 Å². The first-order chi connectivity index (χ1) is 18.8. The van der Waals surface area contributed by atoms with Crippen molar-refractivity contribution in [2.75, 3.05) is 49.1 Å². The molecule has 0 atom stereocenters. The summed E-state index contributed by atoms with van der Waals surface area (Å²) < 4.78 is 54.7. The lowest BCUT2D eigenvalue weighted by Gasteiger charge is -2.32. The van der Waals surface area contributed by atoms with E-state index in [9.17, 15) is 21.6 Å². The average molecular weight is 585 g/mol. The van der Waals surface area contributed by atoms with E-state index in [0.717, 1.165) is 16.7 Å². The minimum absolute atomic E-state index is 0.122. The summed E-state index contributed by atoms with van der Waals surface area (Å²) in [5, 5.41) is 2.80. The quantitative estimate of drug-likeness (QED) is 0.432. The maximum Gasteiger partial charge on any atom is 0.255 e. The van der Waals surface area contributed by atoms with E-state index in [1.165, 1.54) is 20.9 Å². The topological polar surface area (TPSA) is 107 Å². The van der Waals surface area contributed by atoms with Gasteiger partial charge in [-0.2, -0.15) is 4.31 Å². The number of nitrogens with one attached hydrogen (secondary N) is 1. The Labute approximate surface area is 237 Å². The molecule has 0 saturated carbocycles. The second kappa shape index (κ2) is 11.7. The van der Waals surface area contributed by atoms with E-state index in [4.69, 9.17) is 0 Å². The Bertz CT molecular complexity index is 1610. The third kappa shape index (κ3) is 6.72. The average Bonchev–Trinajstić information content (AvgIpc) is 2.89. The fourth-order valence-corrected chi connectivity index (χ4v) is 7.23. The summed E-state index contributed by atoms with van der Waals surface area (Å²) in [5.74, 6) is -0.396. The van der Waals surface area contributed by atoms with Crippen LogP contribution in [-0.4, -0.2) is 71.4 Å². The SMILES string of the molecule is Cc1ccc(C)c(N(Cc2ccc(C(=O)Nc3ccc(C)c(S(=O)(=O)N4CCN(C)CC4)c3)cc2)S(C)(=O)=O)c1. The third-order valence-electron chi connectivity index (χ3n) is 7.10. The van der Waals surface area contributed by atoms with Crippen LogP contribution in [0.5, 0.6) is 0 Å². The molecular weight excluding hydrogens is 548 g/mol. The van der Waals surface area contributed by atoms with Crippen molar-refractivity contribution in [1.29, 1.82) is 0 Å². The van der Waals surface area contributed by atoms with Gasteiger partial charge in [0.1, 0.15) is 0 Å². The minimum Gasteiger partial charge on any atom is -0.322 e. The van der Waals surface area contributed by atoms with Crippen LogP contribution in [0.15, 0.2) is 65.6 Å². The van der Waals surface area contributed by atoms with Gasteiger partial charge in [0.25, 0.3) is 5.91 Å². The number of rotatable bonds is 8. The van der Waals surface area contributed by atoms with Crippen LogP contribution in [0.4, 0.5) is 11.4 Å². The van der Waals surface area contributed by atoms with Gasteiger partial charge in [0.15, 0.2) is 0 Å². The first-order valence-corrected chi connectivity index (χ1v) is 16.3. The van der Waals surface area contributed by atoms with Crippen LogP contribution < -0.4 is 9.62 Å². The molecule has 0 aromatic heterocycles. The summed E-state index contributed by atoms with van der Waals surface area (Å²) in [4.78, 5) is 15.3. The van der Waals surface area contributed by atoms with Gasteiger partial charge in [-0.15, -0.1) is 0 Å². The molecule has 1 aliphatic heterocycles. The molecule has 3 aromatic carbocycles. The molecule has 11 heteroatoms. The van der Waals surface area contributed by atoms with E-state index in [-0.39, 0.29) is 11.4 Å². The fraction of sp³-hybridized carbons (Fsp3) is 0.345. The Morgan fingerprint density at radius 3 is 2.10 bits per heavy atom. The standard InChI is InChI=1S/C29H36N4O5S2/c1-21-6-7-22(2)27(18-21)33(39(5,35)36)20-24-9-11-25(12-10-24)29(34)30-26-13-8-23(3)28(19-26)40(37,38)32-16-14-31(4)15-17-32/h6-13,18-19H,14-17,20H2,1-5H3,(H,30,34). The van der Waals surface area contributed by atoms with Crippen LogP contribution in [0.3, 0.4) is 0 Å². The lowest BCUT2D eigenvalue weighted by Crippen LogP contribution is -2.47. The van der Waals surface area contributed by atoms with Gasteiger partial charge < -0.3 is 10.2 Å². The molecule has 0 radical (unpaired) electrons. The predicted molar refractivity (Wildman–Crippen MR) is 159 cm³/mol. The van der Waals surface area contributed by atoms with Gasteiger partial charge in [-0.1, -0.05) is 30.3 Å². The highest BCUT2D eigenvalue weighted by atomic mass is 32.2. The minimum atomic E-state index is -3.70. The highest BCUT2D eigenvalue weighted by molar-refractivity contribution is 7.92. The molecule has 9 nitrogen and oxygen atoms in total. The zero-order valence-corrected chi connectivity index (χ0v) is 25.1. The van der Waals surface area contributed by atoms with Gasteiger partial charge >= 0.3 is 0 Å². The summed E-state index contributed by atoms with van der Waals surface area (Å²) in [6, 6.07) is 17.2. The number of likely N-dealkylation sites (N-methyl/N-ethyl adjacent to an activating group) is 1. The largest absolute Gasteiger partial charge is 0.322 e. The molecule has 214 valence electrons. The maximum absolute atomic E-state index is 13.3. The Balaban J connectivity index is 1.51. The molecule has 1 fully saturated rings. The summed E-state index contributed by atoms with van der Waals surface area (Å²) >= 11 is 0. The van der Waals surface area contributed by atoms with Crippen molar-refractivity contribution in [2.24, 2.45) is 0 Å². The lowest BCUT2D eigenvalue weighted by atomic mass is 10.1. The number of amides is 1.